The van der Waals surface area contributed by atoms with E-state index in [4.69, 9.17) is 0 Å². The number of rotatable bonds is 3. The van der Waals surface area contributed by atoms with Gasteiger partial charge in [0.2, 0.25) is 0 Å². The van der Waals surface area contributed by atoms with Crippen LogP contribution in [0.15, 0.2) is 0 Å². The van der Waals surface area contributed by atoms with Crippen LogP contribution in [-0.2, 0) is 0 Å². The lowest BCUT2D eigenvalue weighted by Gasteiger charge is -1.86. The molecule has 0 heterocycles. The molecule has 0 atom stereocenters. The molecule has 0 spiro atoms. The highest BCUT2D eigenvalue weighted by Crippen LogP contribution is 1.95. The van der Waals surface area contributed by atoms with Gasteiger partial charge >= 0.3 is 0 Å². The van der Waals surface area contributed by atoms with Crippen LogP contribution in [0.2, 0.25) is 0 Å². The van der Waals surface area contributed by atoms with Crippen molar-refractivity contribution >= 4 is 0 Å². The Morgan fingerprint density at radius 2 is 0.667 bits per heavy atom. The molecule has 12 heavy (non-hydrogen) atoms. The van der Waals surface area contributed by atoms with Crippen LogP contribution in [0.3, 0.4) is 0 Å². The van der Waals surface area contributed by atoms with Crippen LogP contribution in [-0.4, -0.2) is 0 Å². The highest BCUT2D eigenvalue weighted by Gasteiger charge is 1.75. The van der Waals surface area contributed by atoms with Crippen LogP contribution in [0.4, 0.5) is 0 Å². The quantitative estimate of drug-likeness (QED) is 0.486. The third-order valence-corrected chi connectivity index (χ3v) is 0.957. The molecule has 0 aromatic rings. The summed E-state index contributed by atoms with van der Waals surface area (Å²) >= 11 is 0. The van der Waals surface area contributed by atoms with Crippen LogP contribution in [0.25, 0.3) is 0 Å². The van der Waals surface area contributed by atoms with Crippen LogP contribution in [0, 0.1) is 0 Å². The second-order valence-corrected chi connectivity index (χ2v) is 1.71. The molecule has 0 bridgehead atoms. The third kappa shape index (κ3) is 90.0. The SMILES string of the molecule is CC.CC.CC.CCCCCC. The van der Waals surface area contributed by atoms with E-state index in [1.165, 1.54) is 25.7 Å². The van der Waals surface area contributed by atoms with Gasteiger partial charge in [0.1, 0.15) is 0 Å². The van der Waals surface area contributed by atoms with Crippen molar-refractivity contribution in [2.45, 2.75) is 81.1 Å². The lowest BCUT2D eigenvalue weighted by molar-refractivity contribution is 0.702. The molecule has 0 aliphatic heterocycles. The fourth-order valence-corrected chi connectivity index (χ4v) is 0.500. The molecular formula is C12H32. The molecule has 0 nitrogen and oxygen atoms in total. The second-order valence-electron chi connectivity index (χ2n) is 1.71. The topological polar surface area (TPSA) is 0 Å². The van der Waals surface area contributed by atoms with Crippen molar-refractivity contribution in [3.8, 4) is 0 Å². The molecule has 0 aliphatic carbocycles. The Morgan fingerprint density at radius 1 is 0.500 bits per heavy atom. The first kappa shape index (κ1) is 22.7. The van der Waals surface area contributed by atoms with Crippen molar-refractivity contribution in [1.29, 1.82) is 0 Å². The molecule has 0 aliphatic rings. The largest absolute Gasteiger partial charge is 0.0683 e. The lowest BCUT2D eigenvalue weighted by Crippen LogP contribution is -1.66. The van der Waals surface area contributed by atoms with Gasteiger partial charge in [-0.1, -0.05) is 81.1 Å². The van der Waals surface area contributed by atoms with E-state index in [9.17, 15) is 0 Å². The van der Waals surface area contributed by atoms with E-state index in [2.05, 4.69) is 13.8 Å². The van der Waals surface area contributed by atoms with E-state index < -0.39 is 0 Å². The maximum absolute atomic E-state index is 2.23. The Bertz CT molecular complexity index is 12.0. The molecule has 0 heteroatoms. The standard InChI is InChI=1S/C6H14.3C2H6/c1-3-5-6-4-2;3*1-2/h3-6H2,1-2H3;3*1-2H3. The van der Waals surface area contributed by atoms with E-state index in [1.807, 2.05) is 41.5 Å². The number of hydrogen-bond donors (Lipinski definition) is 0. The predicted octanol–water partition coefficient (Wildman–Crippen LogP) is 5.67. The Balaban J connectivity index is -0.0000000453. The summed E-state index contributed by atoms with van der Waals surface area (Å²) < 4.78 is 0. The summed E-state index contributed by atoms with van der Waals surface area (Å²) in [6.07, 6.45) is 5.54. The molecule has 0 aromatic carbocycles. The summed E-state index contributed by atoms with van der Waals surface area (Å²) in [5.41, 5.74) is 0. The molecule has 0 saturated carbocycles. The maximum Gasteiger partial charge on any atom is -0.0536 e. The minimum absolute atomic E-state index is 1.36. The molecule has 0 aromatic heterocycles. The Labute approximate surface area is 81.8 Å². The average Bonchev–Trinajstić information content (AvgIpc) is 2.24. The van der Waals surface area contributed by atoms with E-state index in [-0.39, 0.29) is 0 Å². The monoisotopic (exact) mass is 176 g/mol. The van der Waals surface area contributed by atoms with Crippen molar-refractivity contribution in [2.75, 3.05) is 0 Å². The smallest absolute Gasteiger partial charge is 0.0536 e. The Kier molecular flexibility index (Phi) is 130. The Hall–Kier alpha value is 0. The third-order valence-electron chi connectivity index (χ3n) is 0.957. The van der Waals surface area contributed by atoms with Crippen molar-refractivity contribution in [1.82, 2.24) is 0 Å². The van der Waals surface area contributed by atoms with E-state index in [0.29, 0.717) is 0 Å². The van der Waals surface area contributed by atoms with Gasteiger partial charge in [-0.15, -0.1) is 0 Å². The van der Waals surface area contributed by atoms with E-state index in [1.54, 1.807) is 0 Å². The maximum atomic E-state index is 2.23. The summed E-state index contributed by atoms with van der Waals surface area (Å²) in [7, 11) is 0. The van der Waals surface area contributed by atoms with Crippen LogP contribution >= 0.6 is 0 Å². The first-order valence-corrected chi connectivity index (χ1v) is 5.91. The first-order valence-electron chi connectivity index (χ1n) is 5.91. The van der Waals surface area contributed by atoms with Gasteiger partial charge in [-0.05, 0) is 0 Å². The van der Waals surface area contributed by atoms with Gasteiger partial charge in [-0.2, -0.15) is 0 Å². The zero-order chi connectivity index (χ0) is 10.8. The minimum atomic E-state index is 1.36. The molecule has 0 radical (unpaired) electrons. The van der Waals surface area contributed by atoms with Gasteiger partial charge in [0.15, 0.2) is 0 Å². The van der Waals surface area contributed by atoms with Gasteiger partial charge < -0.3 is 0 Å². The molecule has 0 fully saturated rings. The predicted molar refractivity (Wildman–Crippen MR) is 63.9 cm³/mol. The highest BCUT2D eigenvalue weighted by atomic mass is 13.8. The summed E-state index contributed by atoms with van der Waals surface area (Å²) in [6.45, 7) is 16.5. The summed E-state index contributed by atoms with van der Waals surface area (Å²) in [4.78, 5) is 0. The zero-order valence-electron chi connectivity index (χ0n) is 10.8. The molecule has 0 rings (SSSR count). The van der Waals surface area contributed by atoms with Crippen molar-refractivity contribution in [2.24, 2.45) is 0 Å². The fraction of sp³-hybridized carbons (Fsp3) is 1.00. The van der Waals surface area contributed by atoms with Crippen LogP contribution < -0.4 is 0 Å². The van der Waals surface area contributed by atoms with Gasteiger partial charge in [0.05, 0.1) is 0 Å². The number of unbranched alkanes of at least 4 members (excludes halogenated alkanes) is 3. The van der Waals surface area contributed by atoms with Crippen molar-refractivity contribution in [3.63, 3.8) is 0 Å². The van der Waals surface area contributed by atoms with E-state index >= 15 is 0 Å². The van der Waals surface area contributed by atoms with Gasteiger partial charge in [0.25, 0.3) is 0 Å². The van der Waals surface area contributed by atoms with Crippen LogP contribution in [0.5, 0.6) is 0 Å². The highest BCUT2D eigenvalue weighted by molar-refractivity contribution is 4.31. The van der Waals surface area contributed by atoms with Crippen LogP contribution in [0.1, 0.15) is 81.1 Å². The lowest BCUT2D eigenvalue weighted by atomic mass is 10.2. The van der Waals surface area contributed by atoms with Gasteiger partial charge in [-0.3, -0.25) is 0 Å². The van der Waals surface area contributed by atoms with Crippen molar-refractivity contribution < 1.29 is 0 Å². The normalized spacial score (nSPS) is 6.00. The summed E-state index contributed by atoms with van der Waals surface area (Å²) in [5, 5.41) is 0. The van der Waals surface area contributed by atoms with Gasteiger partial charge in [-0.25, -0.2) is 0 Å². The minimum Gasteiger partial charge on any atom is -0.0683 e. The molecule has 0 saturated heterocycles. The van der Waals surface area contributed by atoms with E-state index in [0.717, 1.165) is 0 Å². The molecule has 80 valence electrons. The first-order chi connectivity index (χ1) is 5.91. The molecule has 0 amide bonds. The Morgan fingerprint density at radius 3 is 0.750 bits per heavy atom. The zero-order valence-corrected chi connectivity index (χ0v) is 10.8. The van der Waals surface area contributed by atoms with Crippen molar-refractivity contribution in [3.05, 3.63) is 0 Å². The molecule has 0 unspecified atom stereocenters. The molecular weight excluding hydrogens is 144 g/mol. The summed E-state index contributed by atoms with van der Waals surface area (Å²) in [5.74, 6) is 0. The number of hydrogen-bond acceptors (Lipinski definition) is 0. The fourth-order valence-electron chi connectivity index (χ4n) is 0.500. The van der Waals surface area contributed by atoms with Gasteiger partial charge in [0, 0.05) is 0 Å². The second kappa shape index (κ2) is 68.8. The molecule has 0 N–H and O–H groups in total. The average molecular weight is 176 g/mol. The summed E-state index contributed by atoms with van der Waals surface area (Å²) in [6, 6.07) is 0.